The molecule has 0 bridgehead atoms. The molecule has 1 aromatic carbocycles. The fourth-order valence-electron chi connectivity index (χ4n) is 2.65. The van der Waals surface area contributed by atoms with Crippen LogP contribution in [0, 0.1) is 0 Å². The molecule has 0 N–H and O–H groups in total. The van der Waals surface area contributed by atoms with Gasteiger partial charge >= 0.3 is 12.4 Å². The Morgan fingerprint density at radius 2 is 1.56 bits per heavy atom. The van der Waals surface area contributed by atoms with Crippen molar-refractivity contribution in [2.45, 2.75) is 23.3 Å². The van der Waals surface area contributed by atoms with Crippen molar-refractivity contribution in [2.24, 2.45) is 0 Å². The molecule has 3 rings (SSSR count). The SMILES string of the molecule is O=S(=O)(c1ccc(C(F)(F)F)cn1)N1CC(c2cccc(C(F)(F)F)c2)C1. The Morgan fingerprint density at radius 1 is 0.926 bits per heavy atom. The van der Waals surface area contributed by atoms with Gasteiger partial charge in [0, 0.05) is 25.2 Å². The highest BCUT2D eigenvalue weighted by atomic mass is 32.2. The van der Waals surface area contributed by atoms with Crippen LogP contribution in [0.4, 0.5) is 26.3 Å². The molecule has 146 valence electrons. The van der Waals surface area contributed by atoms with Gasteiger partial charge < -0.3 is 0 Å². The lowest BCUT2D eigenvalue weighted by atomic mass is 9.92. The lowest BCUT2D eigenvalue weighted by Gasteiger charge is -2.38. The summed E-state index contributed by atoms with van der Waals surface area (Å²) in [6, 6.07) is 5.97. The Bertz CT molecular complexity index is 933. The molecule has 0 amide bonds. The molecule has 0 unspecified atom stereocenters. The second kappa shape index (κ2) is 6.48. The van der Waals surface area contributed by atoms with Crippen LogP contribution in [0.25, 0.3) is 0 Å². The minimum Gasteiger partial charge on any atom is -0.243 e. The van der Waals surface area contributed by atoms with E-state index < -0.39 is 44.4 Å². The average molecular weight is 410 g/mol. The maximum absolute atomic E-state index is 12.8. The molecule has 2 aromatic rings. The van der Waals surface area contributed by atoms with E-state index >= 15 is 0 Å². The summed E-state index contributed by atoms with van der Waals surface area (Å²) in [5, 5.41) is -0.544. The maximum atomic E-state index is 12.8. The number of sulfonamides is 1. The lowest BCUT2D eigenvalue weighted by Crippen LogP contribution is -2.48. The largest absolute Gasteiger partial charge is 0.417 e. The van der Waals surface area contributed by atoms with Crippen LogP contribution < -0.4 is 0 Å². The second-order valence-electron chi connectivity index (χ2n) is 6.03. The third-order valence-electron chi connectivity index (χ3n) is 4.20. The Kier molecular flexibility index (Phi) is 4.71. The van der Waals surface area contributed by atoms with Crippen LogP contribution in [0.3, 0.4) is 0 Å². The van der Waals surface area contributed by atoms with E-state index in [-0.39, 0.29) is 13.1 Å². The molecule has 1 saturated heterocycles. The van der Waals surface area contributed by atoms with Crippen LogP contribution in [0.2, 0.25) is 0 Å². The van der Waals surface area contributed by atoms with Crippen LogP contribution in [0.5, 0.6) is 0 Å². The highest BCUT2D eigenvalue weighted by Crippen LogP contribution is 2.36. The van der Waals surface area contributed by atoms with E-state index in [9.17, 15) is 34.8 Å². The molecule has 4 nitrogen and oxygen atoms in total. The summed E-state index contributed by atoms with van der Waals surface area (Å²) in [5.41, 5.74) is -1.56. The molecule has 1 fully saturated rings. The molecule has 1 aliphatic heterocycles. The molecule has 0 aliphatic carbocycles. The zero-order valence-electron chi connectivity index (χ0n) is 13.4. The summed E-state index contributed by atoms with van der Waals surface area (Å²) in [7, 11) is -4.11. The molecule has 11 heteroatoms. The molecule has 1 aliphatic rings. The van der Waals surface area contributed by atoms with Crippen LogP contribution in [-0.4, -0.2) is 30.8 Å². The molecule has 0 atom stereocenters. The lowest BCUT2D eigenvalue weighted by molar-refractivity contribution is -0.138. The van der Waals surface area contributed by atoms with Crippen molar-refractivity contribution in [1.29, 1.82) is 0 Å². The minimum absolute atomic E-state index is 0.0770. The van der Waals surface area contributed by atoms with E-state index in [2.05, 4.69) is 4.98 Å². The summed E-state index contributed by atoms with van der Waals surface area (Å²) in [6.45, 7) is -0.154. The van der Waals surface area contributed by atoms with Gasteiger partial charge in [0.15, 0.2) is 5.03 Å². The van der Waals surface area contributed by atoms with Crippen molar-refractivity contribution in [1.82, 2.24) is 9.29 Å². The van der Waals surface area contributed by atoms with Gasteiger partial charge in [-0.2, -0.15) is 30.6 Å². The van der Waals surface area contributed by atoms with Gasteiger partial charge in [0.1, 0.15) is 0 Å². The third-order valence-corrected chi connectivity index (χ3v) is 5.95. The fraction of sp³-hybridized carbons (Fsp3) is 0.312. The Morgan fingerprint density at radius 3 is 2.07 bits per heavy atom. The van der Waals surface area contributed by atoms with E-state index in [1.165, 1.54) is 12.1 Å². The van der Waals surface area contributed by atoms with Crippen molar-refractivity contribution in [2.75, 3.05) is 13.1 Å². The molecule has 1 aromatic heterocycles. The Balaban J connectivity index is 1.73. The van der Waals surface area contributed by atoms with E-state index in [0.717, 1.165) is 22.5 Å². The van der Waals surface area contributed by atoms with Gasteiger partial charge in [-0.15, -0.1) is 0 Å². The summed E-state index contributed by atoms with van der Waals surface area (Å²) >= 11 is 0. The van der Waals surface area contributed by atoms with Crippen molar-refractivity contribution in [3.05, 3.63) is 59.3 Å². The van der Waals surface area contributed by atoms with Gasteiger partial charge in [-0.25, -0.2) is 13.4 Å². The molecule has 27 heavy (non-hydrogen) atoms. The van der Waals surface area contributed by atoms with E-state index in [4.69, 9.17) is 0 Å². The molecular formula is C16H12F6N2O2S. The predicted molar refractivity (Wildman–Crippen MR) is 82.2 cm³/mol. The van der Waals surface area contributed by atoms with Crippen LogP contribution in [0.1, 0.15) is 22.6 Å². The molecular weight excluding hydrogens is 398 g/mol. The van der Waals surface area contributed by atoms with Gasteiger partial charge in [0.05, 0.1) is 11.1 Å². The quantitative estimate of drug-likeness (QED) is 0.721. The third kappa shape index (κ3) is 3.93. The number of nitrogens with zero attached hydrogens (tertiary/aromatic N) is 2. The first-order valence-electron chi connectivity index (χ1n) is 7.59. The Labute approximate surface area is 150 Å². The summed E-state index contributed by atoms with van der Waals surface area (Å²) in [4.78, 5) is 3.37. The van der Waals surface area contributed by atoms with Crippen molar-refractivity contribution in [3.63, 3.8) is 0 Å². The van der Waals surface area contributed by atoms with Crippen molar-refractivity contribution in [3.8, 4) is 0 Å². The predicted octanol–water partition coefficient (Wildman–Crippen LogP) is 3.91. The summed E-state index contributed by atoms with van der Waals surface area (Å²) in [6.07, 6.45) is -8.72. The van der Waals surface area contributed by atoms with Crippen molar-refractivity contribution < 1.29 is 34.8 Å². The van der Waals surface area contributed by atoms with E-state index in [1.54, 1.807) is 0 Å². The van der Waals surface area contributed by atoms with Gasteiger partial charge in [-0.3, -0.25) is 0 Å². The van der Waals surface area contributed by atoms with E-state index in [1.807, 2.05) is 0 Å². The van der Waals surface area contributed by atoms with Gasteiger partial charge in [-0.1, -0.05) is 18.2 Å². The average Bonchev–Trinajstić information content (AvgIpc) is 2.52. The highest BCUT2D eigenvalue weighted by molar-refractivity contribution is 7.89. The fourth-order valence-corrected chi connectivity index (χ4v) is 4.09. The number of rotatable bonds is 3. The molecule has 0 spiro atoms. The number of benzene rings is 1. The number of aromatic nitrogens is 1. The number of halogens is 6. The van der Waals surface area contributed by atoms with Crippen molar-refractivity contribution >= 4 is 10.0 Å². The minimum atomic E-state index is -4.64. The first kappa shape index (κ1) is 19.6. The number of hydrogen-bond donors (Lipinski definition) is 0. The molecule has 0 radical (unpaired) electrons. The Hall–Kier alpha value is -2.14. The van der Waals surface area contributed by atoms with Gasteiger partial charge in [0.25, 0.3) is 10.0 Å². The van der Waals surface area contributed by atoms with Gasteiger partial charge in [0.2, 0.25) is 0 Å². The zero-order valence-corrected chi connectivity index (χ0v) is 14.2. The number of alkyl halides is 6. The van der Waals surface area contributed by atoms with Crippen LogP contribution in [0.15, 0.2) is 47.6 Å². The smallest absolute Gasteiger partial charge is 0.243 e. The monoisotopic (exact) mass is 410 g/mol. The maximum Gasteiger partial charge on any atom is 0.417 e. The summed E-state index contributed by atoms with van der Waals surface area (Å²) < 4.78 is 102. The van der Waals surface area contributed by atoms with E-state index in [0.29, 0.717) is 17.8 Å². The van der Waals surface area contributed by atoms with Crippen LogP contribution in [-0.2, 0) is 22.4 Å². The van der Waals surface area contributed by atoms with Crippen LogP contribution >= 0.6 is 0 Å². The zero-order chi connectivity index (χ0) is 20.0. The van der Waals surface area contributed by atoms with Gasteiger partial charge in [-0.05, 0) is 23.8 Å². The normalized spacial score (nSPS) is 17.0. The summed E-state index contributed by atoms with van der Waals surface area (Å²) in [5.74, 6) is -0.434. The first-order valence-corrected chi connectivity index (χ1v) is 9.03. The number of pyridine rings is 1. The second-order valence-corrected chi connectivity index (χ2v) is 7.91. The molecule has 2 heterocycles. The molecule has 0 saturated carbocycles. The topological polar surface area (TPSA) is 50.3 Å². The standard InChI is InChI=1S/C16H12F6N2O2S/c17-15(18,19)12-3-1-2-10(6-12)11-8-24(9-11)27(25,26)14-5-4-13(7-23-14)16(20,21)22/h1-7,11H,8-9H2. The highest BCUT2D eigenvalue weighted by Gasteiger charge is 2.40. The first-order chi connectivity index (χ1) is 12.4. The number of hydrogen-bond acceptors (Lipinski definition) is 3.